The Bertz CT molecular complexity index is 90.2. The molecular weight excluding hydrogens is 144 g/mol. The highest BCUT2D eigenvalue weighted by molar-refractivity contribution is 4.62. The predicted molar refractivity (Wildman–Crippen MR) is 57.3 cm³/mol. The molecule has 1 rings (SSSR count). The molecule has 12 heavy (non-hydrogen) atoms. The van der Waals surface area contributed by atoms with Gasteiger partial charge in [-0.25, -0.2) is 0 Å². The fraction of sp³-hybridized carbons (Fsp3) is 1.00. The Morgan fingerprint density at radius 1 is 1.17 bits per heavy atom. The molecule has 0 heteroatoms. The third-order valence-electron chi connectivity index (χ3n) is 3.18. The van der Waals surface area contributed by atoms with Gasteiger partial charge in [-0.05, 0) is 17.8 Å². The van der Waals surface area contributed by atoms with Crippen LogP contribution in [0.25, 0.3) is 0 Å². The van der Waals surface area contributed by atoms with E-state index in [4.69, 9.17) is 0 Å². The summed E-state index contributed by atoms with van der Waals surface area (Å²) in [5.74, 6) is 2.83. The second-order valence-corrected chi connectivity index (χ2v) is 4.67. The second-order valence-electron chi connectivity index (χ2n) is 4.67. The zero-order valence-corrected chi connectivity index (χ0v) is 9.56. The molecule has 1 fully saturated rings. The minimum absolute atomic E-state index is 0.866. The monoisotopic (exact) mass is 170 g/mol. The fourth-order valence-corrected chi connectivity index (χ4v) is 1.08. The van der Waals surface area contributed by atoms with Crippen molar-refractivity contribution < 1.29 is 0 Å². The Labute approximate surface area is 78.8 Å². The van der Waals surface area contributed by atoms with Crippen molar-refractivity contribution in [2.75, 3.05) is 0 Å². The largest absolute Gasteiger partial charge is 0.0651 e. The van der Waals surface area contributed by atoms with E-state index in [1.165, 1.54) is 25.7 Å². The first-order chi connectivity index (χ1) is 5.57. The summed E-state index contributed by atoms with van der Waals surface area (Å²) in [6.07, 6.45) is 5.78. The third kappa shape index (κ3) is 5.62. The van der Waals surface area contributed by atoms with Crippen LogP contribution < -0.4 is 0 Å². The standard InChI is InChI=1S/C7H16.C5H10/c1-5-7(4)6(2)3;1-5-3-2-4-5/h6-7H,5H2,1-4H3;5H,2-4H2,1H3. The van der Waals surface area contributed by atoms with Crippen LogP contribution in [-0.4, -0.2) is 0 Å². The molecule has 1 unspecified atom stereocenters. The number of rotatable bonds is 2. The summed E-state index contributed by atoms with van der Waals surface area (Å²) in [6.45, 7) is 11.4. The highest BCUT2D eigenvalue weighted by Gasteiger charge is 2.09. The molecule has 0 nitrogen and oxygen atoms in total. The maximum Gasteiger partial charge on any atom is -0.0422 e. The lowest BCUT2D eigenvalue weighted by molar-refractivity contribution is 0.346. The van der Waals surface area contributed by atoms with Crippen LogP contribution in [0.5, 0.6) is 0 Å². The van der Waals surface area contributed by atoms with E-state index in [-0.39, 0.29) is 0 Å². The average Bonchev–Trinajstić information content (AvgIpc) is 2.00. The van der Waals surface area contributed by atoms with Crippen LogP contribution in [0.1, 0.15) is 60.3 Å². The summed E-state index contributed by atoms with van der Waals surface area (Å²) < 4.78 is 0. The molecule has 1 saturated carbocycles. The zero-order chi connectivity index (χ0) is 9.56. The fourth-order valence-electron chi connectivity index (χ4n) is 1.08. The number of hydrogen-bond acceptors (Lipinski definition) is 0. The molecule has 0 aromatic carbocycles. The highest BCUT2D eigenvalue weighted by Crippen LogP contribution is 2.24. The molecule has 1 aliphatic rings. The molecule has 0 radical (unpaired) electrons. The Kier molecular flexibility index (Phi) is 6.51. The molecule has 0 saturated heterocycles. The molecule has 0 N–H and O–H groups in total. The lowest BCUT2D eigenvalue weighted by atomic mass is 9.88. The van der Waals surface area contributed by atoms with Crippen molar-refractivity contribution in [2.24, 2.45) is 17.8 Å². The Morgan fingerprint density at radius 3 is 1.58 bits per heavy atom. The Hall–Kier alpha value is 0. The first-order valence-electron chi connectivity index (χ1n) is 5.57. The summed E-state index contributed by atoms with van der Waals surface area (Å²) in [5, 5.41) is 0. The first-order valence-corrected chi connectivity index (χ1v) is 5.57. The SMILES string of the molecule is CC1CCC1.CCC(C)C(C)C. The molecule has 0 aromatic rings. The summed E-state index contributed by atoms with van der Waals surface area (Å²) in [6, 6.07) is 0. The van der Waals surface area contributed by atoms with Crippen molar-refractivity contribution >= 4 is 0 Å². The van der Waals surface area contributed by atoms with Crippen LogP contribution in [0.15, 0.2) is 0 Å². The van der Waals surface area contributed by atoms with E-state index in [0.717, 1.165) is 17.8 Å². The van der Waals surface area contributed by atoms with Gasteiger partial charge in [0, 0.05) is 0 Å². The Morgan fingerprint density at radius 2 is 1.58 bits per heavy atom. The molecule has 0 heterocycles. The van der Waals surface area contributed by atoms with Crippen molar-refractivity contribution in [2.45, 2.75) is 60.3 Å². The van der Waals surface area contributed by atoms with Crippen LogP contribution in [0.2, 0.25) is 0 Å². The molecule has 0 spiro atoms. The van der Waals surface area contributed by atoms with E-state index in [9.17, 15) is 0 Å². The van der Waals surface area contributed by atoms with Crippen LogP contribution >= 0.6 is 0 Å². The van der Waals surface area contributed by atoms with Gasteiger partial charge >= 0.3 is 0 Å². The van der Waals surface area contributed by atoms with Gasteiger partial charge in [-0.2, -0.15) is 0 Å². The van der Waals surface area contributed by atoms with Crippen LogP contribution in [0.4, 0.5) is 0 Å². The van der Waals surface area contributed by atoms with Gasteiger partial charge < -0.3 is 0 Å². The average molecular weight is 170 g/mol. The Balaban J connectivity index is 0.000000211. The minimum Gasteiger partial charge on any atom is -0.0651 e. The second kappa shape index (κ2) is 6.51. The topological polar surface area (TPSA) is 0 Å². The van der Waals surface area contributed by atoms with E-state index < -0.39 is 0 Å². The van der Waals surface area contributed by atoms with Gasteiger partial charge in [0.25, 0.3) is 0 Å². The molecule has 0 aliphatic heterocycles. The smallest absolute Gasteiger partial charge is 0.0422 e. The van der Waals surface area contributed by atoms with Gasteiger partial charge in [0.15, 0.2) is 0 Å². The maximum absolute atomic E-state index is 2.31. The van der Waals surface area contributed by atoms with Crippen LogP contribution in [0, 0.1) is 17.8 Å². The molecule has 0 aromatic heterocycles. The van der Waals surface area contributed by atoms with Gasteiger partial charge in [0.2, 0.25) is 0 Å². The van der Waals surface area contributed by atoms with Crippen molar-refractivity contribution in [1.82, 2.24) is 0 Å². The molecule has 0 amide bonds. The molecule has 1 aliphatic carbocycles. The predicted octanol–water partition coefficient (Wildman–Crippen LogP) is 4.49. The van der Waals surface area contributed by atoms with Crippen molar-refractivity contribution in [1.29, 1.82) is 0 Å². The quantitative estimate of drug-likeness (QED) is 0.572. The lowest BCUT2D eigenvalue weighted by Gasteiger charge is -2.18. The van der Waals surface area contributed by atoms with Gasteiger partial charge in [0.05, 0.1) is 0 Å². The normalized spacial score (nSPS) is 19.5. The van der Waals surface area contributed by atoms with E-state index in [0.29, 0.717) is 0 Å². The summed E-state index contributed by atoms with van der Waals surface area (Å²) in [7, 11) is 0. The maximum atomic E-state index is 2.31. The van der Waals surface area contributed by atoms with Crippen LogP contribution in [-0.2, 0) is 0 Å². The van der Waals surface area contributed by atoms with Gasteiger partial charge in [-0.15, -0.1) is 0 Å². The summed E-state index contributed by atoms with van der Waals surface area (Å²) in [5.41, 5.74) is 0. The van der Waals surface area contributed by atoms with E-state index in [2.05, 4.69) is 34.6 Å². The van der Waals surface area contributed by atoms with Gasteiger partial charge in [-0.3, -0.25) is 0 Å². The highest BCUT2D eigenvalue weighted by atomic mass is 14.1. The van der Waals surface area contributed by atoms with Crippen molar-refractivity contribution in [3.8, 4) is 0 Å². The van der Waals surface area contributed by atoms with E-state index >= 15 is 0 Å². The van der Waals surface area contributed by atoms with Crippen LogP contribution in [0.3, 0.4) is 0 Å². The first kappa shape index (κ1) is 12.0. The van der Waals surface area contributed by atoms with Crippen molar-refractivity contribution in [3.63, 3.8) is 0 Å². The van der Waals surface area contributed by atoms with E-state index in [1.54, 1.807) is 0 Å². The zero-order valence-electron chi connectivity index (χ0n) is 9.56. The van der Waals surface area contributed by atoms with E-state index in [1.807, 2.05) is 0 Å². The third-order valence-corrected chi connectivity index (χ3v) is 3.18. The summed E-state index contributed by atoms with van der Waals surface area (Å²) in [4.78, 5) is 0. The molecular formula is C12H26. The molecule has 0 bridgehead atoms. The lowest BCUT2D eigenvalue weighted by Crippen LogP contribution is -2.04. The summed E-state index contributed by atoms with van der Waals surface area (Å²) >= 11 is 0. The van der Waals surface area contributed by atoms with Gasteiger partial charge in [0.1, 0.15) is 0 Å². The van der Waals surface area contributed by atoms with Gasteiger partial charge in [-0.1, -0.05) is 60.3 Å². The number of hydrogen-bond donors (Lipinski definition) is 0. The molecule has 74 valence electrons. The minimum atomic E-state index is 0.866. The molecule has 1 atom stereocenters. The van der Waals surface area contributed by atoms with Crippen molar-refractivity contribution in [3.05, 3.63) is 0 Å².